The van der Waals surface area contributed by atoms with Gasteiger partial charge in [0.2, 0.25) is 0 Å². The second kappa shape index (κ2) is 3.55. The molecule has 1 N–H and O–H groups in total. The molecule has 4 nitrogen and oxygen atoms in total. The highest BCUT2D eigenvalue weighted by molar-refractivity contribution is 5.83. The van der Waals surface area contributed by atoms with Gasteiger partial charge in [0.1, 0.15) is 12.2 Å². The Bertz CT molecular complexity index is 292. The van der Waals surface area contributed by atoms with Crippen LogP contribution < -0.4 is 0 Å². The smallest absolute Gasteiger partial charge is 0.331 e. The Morgan fingerprint density at radius 1 is 1.36 bits per heavy atom. The van der Waals surface area contributed by atoms with Crippen molar-refractivity contribution >= 4 is 5.97 Å². The Morgan fingerprint density at radius 2 is 2.14 bits per heavy atom. The molecule has 4 heteroatoms. The number of aliphatic hydroxyl groups excluding tert-OH is 1. The Kier molecular flexibility index (Phi) is 2.39. The van der Waals surface area contributed by atoms with Crippen LogP contribution in [0.3, 0.4) is 0 Å². The van der Waals surface area contributed by atoms with Crippen molar-refractivity contribution in [3.8, 4) is 0 Å². The number of esters is 1. The first kappa shape index (κ1) is 9.43. The highest BCUT2D eigenvalue weighted by atomic mass is 16.6. The molecular formula is C10H12O4. The van der Waals surface area contributed by atoms with E-state index in [4.69, 9.17) is 9.47 Å². The molecule has 2 aliphatic rings. The van der Waals surface area contributed by atoms with Crippen molar-refractivity contribution < 1.29 is 19.4 Å². The van der Waals surface area contributed by atoms with Crippen LogP contribution >= 0.6 is 0 Å². The monoisotopic (exact) mass is 196 g/mol. The summed E-state index contributed by atoms with van der Waals surface area (Å²) in [4.78, 5) is 10.9. The van der Waals surface area contributed by atoms with Gasteiger partial charge in [0.05, 0.1) is 6.10 Å². The van der Waals surface area contributed by atoms with E-state index in [1.807, 2.05) is 0 Å². The maximum atomic E-state index is 10.9. The summed E-state index contributed by atoms with van der Waals surface area (Å²) in [5.41, 5.74) is 0. The van der Waals surface area contributed by atoms with E-state index >= 15 is 0 Å². The van der Waals surface area contributed by atoms with Gasteiger partial charge >= 0.3 is 5.97 Å². The second-order valence-corrected chi connectivity index (χ2v) is 3.45. The molecule has 2 heterocycles. The number of rotatable bonds is 1. The molecule has 0 aromatic carbocycles. The molecule has 0 unspecified atom stereocenters. The number of carbonyl (C=O) groups is 1. The third kappa shape index (κ3) is 1.71. The number of ether oxygens (including phenoxy) is 2. The topological polar surface area (TPSA) is 55.8 Å². The molecule has 14 heavy (non-hydrogen) atoms. The lowest BCUT2D eigenvalue weighted by Crippen LogP contribution is -2.42. The van der Waals surface area contributed by atoms with E-state index in [2.05, 4.69) is 0 Å². The minimum Gasteiger partial charge on any atom is -0.452 e. The molecule has 0 spiro atoms. The van der Waals surface area contributed by atoms with Gasteiger partial charge in [-0.1, -0.05) is 6.08 Å². The molecule has 0 aromatic rings. The normalized spacial score (nSPS) is 37.6. The van der Waals surface area contributed by atoms with E-state index in [1.54, 1.807) is 25.2 Å². The fourth-order valence-electron chi connectivity index (χ4n) is 1.52. The van der Waals surface area contributed by atoms with Crippen LogP contribution in [0.5, 0.6) is 0 Å². The van der Waals surface area contributed by atoms with Crippen molar-refractivity contribution in [1.82, 2.24) is 0 Å². The van der Waals surface area contributed by atoms with Crippen molar-refractivity contribution in [1.29, 1.82) is 0 Å². The van der Waals surface area contributed by atoms with Gasteiger partial charge in [-0.25, -0.2) is 4.79 Å². The van der Waals surface area contributed by atoms with Crippen molar-refractivity contribution in [2.24, 2.45) is 0 Å². The summed E-state index contributed by atoms with van der Waals surface area (Å²) < 4.78 is 10.5. The van der Waals surface area contributed by atoms with Crippen LogP contribution in [0, 0.1) is 0 Å². The number of carbonyl (C=O) groups excluding carboxylic acids is 1. The second-order valence-electron chi connectivity index (χ2n) is 3.45. The molecule has 4 atom stereocenters. The highest BCUT2D eigenvalue weighted by Crippen LogP contribution is 2.21. The molecule has 0 saturated carbocycles. The Hall–Kier alpha value is -1.13. The first-order valence-electron chi connectivity index (χ1n) is 4.57. The summed E-state index contributed by atoms with van der Waals surface area (Å²) >= 11 is 0. The van der Waals surface area contributed by atoms with Gasteiger partial charge in [-0.2, -0.15) is 0 Å². The van der Waals surface area contributed by atoms with Crippen LogP contribution in [-0.4, -0.2) is 35.5 Å². The predicted molar refractivity (Wildman–Crippen MR) is 48.5 cm³/mol. The maximum Gasteiger partial charge on any atom is 0.331 e. The summed E-state index contributed by atoms with van der Waals surface area (Å²) in [5.74, 6) is -0.352. The summed E-state index contributed by atoms with van der Waals surface area (Å²) in [6.45, 7) is 1.66. The van der Waals surface area contributed by atoms with Gasteiger partial charge in [-0.05, 0) is 19.1 Å². The number of fused-ring (bicyclic) bond motifs is 1. The van der Waals surface area contributed by atoms with E-state index < -0.39 is 6.10 Å². The zero-order valence-corrected chi connectivity index (χ0v) is 7.79. The Balaban J connectivity index is 2.12. The SMILES string of the molecule is C[C@@H](O)[C@@H]1C=C[C@@H]2OC(=O)C=C[C@@H]2O1. The molecule has 0 aromatic heterocycles. The molecule has 0 aliphatic carbocycles. The zero-order chi connectivity index (χ0) is 10.1. The van der Waals surface area contributed by atoms with E-state index in [1.165, 1.54) is 6.08 Å². The van der Waals surface area contributed by atoms with E-state index in [-0.39, 0.29) is 24.3 Å². The Morgan fingerprint density at radius 3 is 2.86 bits per heavy atom. The standard InChI is InChI=1S/C10H12O4/c1-6(11)7-2-3-9-8(13-7)4-5-10(12)14-9/h2-9,11H,1H3/t6-,7+,8+,9+/m1/s1. The first-order chi connectivity index (χ1) is 6.66. The summed E-state index contributed by atoms with van der Waals surface area (Å²) in [5, 5.41) is 9.31. The van der Waals surface area contributed by atoms with Crippen molar-refractivity contribution in [3.05, 3.63) is 24.3 Å². The fourth-order valence-corrected chi connectivity index (χ4v) is 1.52. The molecule has 76 valence electrons. The van der Waals surface area contributed by atoms with Gasteiger partial charge in [0, 0.05) is 6.08 Å². The average molecular weight is 196 g/mol. The minimum absolute atomic E-state index is 0.266. The van der Waals surface area contributed by atoms with E-state index in [9.17, 15) is 9.90 Å². The lowest BCUT2D eigenvalue weighted by Gasteiger charge is -2.33. The van der Waals surface area contributed by atoms with Crippen LogP contribution in [-0.2, 0) is 14.3 Å². The van der Waals surface area contributed by atoms with Gasteiger partial charge < -0.3 is 14.6 Å². The summed E-state index contributed by atoms with van der Waals surface area (Å²) in [6, 6.07) is 0. The largest absolute Gasteiger partial charge is 0.452 e. The third-order valence-electron chi connectivity index (χ3n) is 2.28. The van der Waals surface area contributed by atoms with Gasteiger partial charge in [-0.3, -0.25) is 0 Å². The molecule has 0 amide bonds. The molecule has 0 bridgehead atoms. The van der Waals surface area contributed by atoms with Gasteiger partial charge in [0.25, 0.3) is 0 Å². The highest BCUT2D eigenvalue weighted by Gasteiger charge is 2.32. The zero-order valence-electron chi connectivity index (χ0n) is 7.79. The third-order valence-corrected chi connectivity index (χ3v) is 2.28. The molecule has 2 aliphatic heterocycles. The molecule has 0 radical (unpaired) electrons. The number of hydrogen-bond donors (Lipinski definition) is 1. The molecule has 0 fully saturated rings. The lowest BCUT2D eigenvalue weighted by molar-refractivity contribution is -0.153. The quantitative estimate of drug-likeness (QED) is 0.480. The molecular weight excluding hydrogens is 184 g/mol. The number of hydrogen-bond acceptors (Lipinski definition) is 4. The average Bonchev–Trinajstić information content (AvgIpc) is 2.16. The van der Waals surface area contributed by atoms with E-state index in [0.29, 0.717) is 0 Å². The maximum absolute atomic E-state index is 10.9. The van der Waals surface area contributed by atoms with Crippen molar-refractivity contribution in [3.63, 3.8) is 0 Å². The first-order valence-corrected chi connectivity index (χ1v) is 4.57. The van der Waals surface area contributed by atoms with Crippen LogP contribution in [0.25, 0.3) is 0 Å². The predicted octanol–water partition coefficient (Wildman–Crippen LogP) is 0.172. The van der Waals surface area contributed by atoms with Crippen LogP contribution in [0.2, 0.25) is 0 Å². The Labute approximate surface area is 81.8 Å². The molecule has 2 rings (SSSR count). The van der Waals surface area contributed by atoms with Gasteiger partial charge in [-0.15, -0.1) is 0 Å². The van der Waals surface area contributed by atoms with E-state index in [0.717, 1.165) is 0 Å². The van der Waals surface area contributed by atoms with Crippen LogP contribution in [0.1, 0.15) is 6.92 Å². The fraction of sp³-hybridized carbons (Fsp3) is 0.500. The lowest BCUT2D eigenvalue weighted by atomic mass is 10.0. The summed E-state index contributed by atoms with van der Waals surface area (Å²) in [6.07, 6.45) is 5.00. The van der Waals surface area contributed by atoms with Gasteiger partial charge in [0.15, 0.2) is 6.10 Å². The minimum atomic E-state index is -0.557. The number of aliphatic hydroxyl groups is 1. The van der Waals surface area contributed by atoms with Crippen LogP contribution in [0.15, 0.2) is 24.3 Å². The van der Waals surface area contributed by atoms with Crippen molar-refractivity contribution in [2.75, 3.05) is 0 Å². The van der Waals surface area contributed by atoms with Crippen molar-refractivity contribution in [2.45, 2.75) is 31.3 Å². The van der Waals surface area contributed by atoms with Crippen LogP contribution in [0.4, 0.5) is 0 Å². The summed E-state index contributed by atoms with van der Waals surface area (Å²) in [7, 11) is 0. The molecule has 0 saturated heterocycles.